The molecule has 2 saturated carbocycles. The molecular formula is C16H18Cl2N2O2. The van der Waals surface area contributed by atoms with E-state index in [9.17, 15) is 9.59 Å². The molecule has 0 radical (unpaired) electrons. The lowest BCUT2D eigenvalue weighted by molar-refractivity contribution is -0.134. The van der Waals surface area contributed by atoms with E-state index in [2.05, 4.69) is 10.6 Å². The van der Waals surface area contributed by atoms with Gasteiger partial charge in [0, 0.05) is 6.04 Å². The zero-order chi connectivity index (χ0) is 15.7. The lowest BCUT2D eigenvalue weighted by Crippen LogP contribution is -2.43. The van der Waals surface area contributed by atoms with E-state index in [4.69, 9.17) is 23.2 Å². The van der Waals surface area contributed by atoms with Crippen LogP contribution >= 0.6 is 23.2 Å². The summed E-state index contributed by atoms with van der Waals surface area (Å²) in [6, 6.07) is 5.26. The lowest BCUT2D eigenvalue weighted by Gasteiger charge is -2.19. The van der Waals surface area contributed by atoms with Crippen LogP contribution in [-0.2, 0) is 9.59 Å². The Morgan fingerprint density at radius 3 is 2.41 bits per heavy atom. The fourth-order valence-corrected chi connectivity index (χ4v) is 3.27. The van der Waals surface area contributed by atoms with Crippen LogP contribution in [-0.4, -0.2) is 17.9 Å². The molecule has 22 heavy (non-hydrogen) atoms. The third kappa shape index (κ3) is 2.95. The monoisotopic (exact) mass is 340 g/mol. The zero-order valence-electron chi connectivity index (χ0n) is 12.1. The molecule has 3 rings (SSSR count). The summed E-state index contributed by atoms with van der Waals surface area (Å²) in [6.45, 7) is 0. The van der Waals surface area contributed by atoms with Crippen molar-refractivity contribution in [2.75, 3.05) is 5.32 Å². The topological polar surface area (TPSA) is 58.2 Å². The fraction of sp³-hybridized carbons (Fsp3) is 0.500. The molecule has 0 bridgehead atoms. The molecule has 2 N–H and O–H groups in total. The van der Waals surface area contributed by atoms with Gasteiger partial charge in [-0.1, -0.05) is 42.1 Å². The molecule has 2 amide bonds. The molecule has 0 aliphatic heterocycles. The molecular weight excluding hydrogens is 323 g/mol. The first-order chi connectivity index (χ1) is 10.5. The van der Waals surface area contributed by atoms with Crippen LogP contribution in [0.25, 0.3) is 0 Å². The third-order valence-corrected chi connectivity index (χ3v) is 5.33. The van der Waals surface area contributed by atoms with Gasteiger partial charge in [-0.2, -0.15) is 0 Å². The van der Waals surface area contributed by atoms with Gasteiger partial charge in [-0.15, -0.1) is 0 Å². The van der Waals surface area contributed by atoms with E-state index in [0.29, 0.717) is 28.6 Å². The van der Waals surface area contributed by atoms with Crippen LogP contribution < -0.4 is 10.6 Å². The maximum atomic E-state index is 12.5. The summed E-state index contributed by atoms with van der Waals surface area (Å²) in [5.74, 6) is -0.456. The third-order valence-electron chi connectivity index (χ3n) is 4.51. The molecule has 4 nitrogen and oxygen atoms in total. The number of benzene rings is 1. The Kier molecular flexibility index (Phi) is 4.33. The maximum Gasteiger partial charge on any atom is 0.240 e. The normalized spacial score (nSPS) is 19.7. The SMILES string of the molecule is O=C(Nc1cccc(Cl)c1Cl)C1(C(=O)NC2CCCC2)CC1. The number of nitrogens with one attached hydrogen (secondary N) is 2. The Hall–Kier alpha value is -1.26. The summed E-state index contributed by atoms with van der Waals surface area (Å²) < 4.78 is 0. The molecule has 0 heterocycles. The van der Waals surface area contributed by atoms with Gasteiger partial charge in [0.25, 0.3) is 0 Å². The summed E-state index contributed by atoms with van der Waals surface area (Å²) >= 11 is 12.0. The van der Waals surface area contributed by atoms with Gasteiger partial charge in [0.2, 0.25) is 11.8 Å². The molecule has 1 aromatic rings. The van der Waals surface area contributed by atoms with E-state index < -0.39 is 5.41 Å². The highest BCUT2D eigenvalue weighted by molar-refractivity contribution is 6.44. The van der Waals surface area contributed by atoms with Crippen molar-refractivity contribution in [2.24, 2.45) is 5.41 Å². The number of amides is 2. The van der Waals surface area contributed by atoms with Crippen LogP contribution in [0.4, 0.5) is 5.69 Å². The molecule has 2 aliphatic rings. The number of carbonyl (C=O) groups is 2. The minimum Gasteiger partial charge on any atom is -0.352 e. The molecule has 118 valence electrons. The van der Waals surface area contributed by atoms with Gasteiger partial charge in [0.15, 0.2) is 0 Å². The molecule has 0 spiro atoms. The van der Waals surface area contributed by atoms with Crippen LogP contribution in [0.1, 0.15) is 38.5 Å². The summed E-state index contributed by atoms with van der Waals surface area (Å²) in [6.07, 6.45) is 5.45. The number of halogens is 2. The smallest absolute Gasteiger partial charge is 0.240 e. The van der Waals surface area contributed by atoms with Crippen LogP contribution in [0.3, 0.4) is 0 Å². The molecule has 0 atom stereocenters. The minimum absolute atomic E-state index is 0.157. The first-order valence-electron chi connectivity index (χ1n) is 7.59. The Bertz CT molecular complexity index is 608. The van der Waals surface area contributed by atoms with Gasteiger partial charge in [-0.3, -0.25) is 9.59 Å². The zero-order valence-corrected chi connectivity index (χ0v) is 13.6. The fourth-order valence-electron chi connectivity index (χ4n) is 2.92. The molecule has 0 unspecified atom stereocenters. The van der Waals surface area contributed by atoms with Crippen LogP contribution in [0.2, 0.25) is 10.0 Å². The van der Waals surface area contributed by atoms with Gasteiger partial charge in [-0.25, -0.2) is 0 Å². The highest BCUT2D eigenvalue weighted by atomic mass is 35.5. The van der Waals surface area contributed by atoms with Gasteiger partial charge < -0.3 is 10.6 Å². The first-order valence-corrected chi connectivity index (χ1v) is 8.35. The number of hydrogen-bond acceptors (Lipinski definition) is 2. The summed E-state index contributed by atoms with van der Waals surface area (Å²) in [5.41, 5.74) is -0.493. The lowest BCUT2D eigenvalue weighted by atomic mass is 10.0. The van der Waals surface area contributed by atoms with Crippen LogP contribution in [0, 0.1) is 5.41 Å². The van der Waals surface area contributed by atoms with E-state index in [0.717, 1.165) is 25.7 Å². The number of hydrogen-bond donors (Lipinski definition) is 2. The van der Waals surface area contributed by atoms with Gasteiger partial charge in [0.1, 0.15) is 5.41 Å². The van der Waals surface area contributed by atoms with Crippen LogP contribution in [0.15, 0.2) is 18.2 Å². The highest BCUT2D eigenvalue weighted by Crippen LogP contribution is 2.47. The Balaban J connectivity index is 1.68. The molecule has 0 aromatic heterocycles. The second-order valence-electron chi connectivity index (χ2n) is 6.09. The van der Waals surface area contributed by atoms with Gasteiger partial charge in [-0.05, 0) is 37.8 Å². The quantitative estimate of drug-likeness (QED) is 0.819. The maximum absolute atomic E-state index is 12.5. The summed E-state index contributed by atoms with van der Waals surface area (Å²) in [4.78, 5) is 24.9. The van der Waals surface area contributed by atoms with Gasteiger partial charge >= 0.3 is 0 Å². The highest BCUT2D eigenvalue weighted by Gasteiger charge is 2.56. The summed E-state index contributed by atoms with van der Waals surface area (Å²) in [7, 11) is 0. The Labute approximate surface area is 139 Å². The molecule has 6 heteroatoms. The van der Waals surface area contributed by atoms with E-state index in [-0.39, 0.29) is 17.9 Å². The molecule has 0 saturated heterocycles. The van der Waals surface area contributed by atoms with E-state index in [1.807, 2.05) is 0 Å². The minimum atomic E-state index is -0.936. The second kappa shape index (κ2) is 6.09. The average Bonchev–Trinajstić information content (AvgIpc) is 3.16. The average molecular weight is 341 g/mol. The van der Waals surface area contributed by atoms with Crippen molar-refractivity contribution in [1.82, 2.24) is 5.32 Å². The molecule has 2 fully saturated rings. The van der Waals surface area contributed by atoms with Gasteiger partial charge in [0.05, 0.1) is 15.7 Å². The van der Waals surface area contributed by atoms with E-state index in [1.54, 1.807) is 18.2 Å². The second-order valence-corrected chi connectivity index (χ2v) is 6.88. The Morgan fingerprint density at radius 2 is 1.77 bits per heavy atom. The van der Waals surface area contributed by atoms with Crippen molar-refractivity contribution in [3.05, 3.63) is 28.2 Å². The predicted octanol–water partition coefficient (Wildman–Crippen LogP) is 3.77. The Morgan fingerprint density at radius 1 is 1.09 bits per heavy atom. The molecule has 2 aliphatic carbocycles. The predicted molar refractivity (Wildman–Crippen MR) is 87.2 cm³/mol. The first kappa shape index (κ1) is 15.6. The standard InChI is InChI=1S/C16H18Cl2N2O2/c17-11-6-3-7-12(13(11)18)20-15(22)16(8-9-16)14(21)19-10-4-1-2-5-10/h3,6-7,10H,1-2,4-5,8-9H2,(H,19,21)(H,20,22). The number of anilines is 1. The number of rotatable bonds is 4. The van der Waals surface area contributed by atoms with Crippen molar-refractivity contribution in [2.45, 2.75) is 44.6 Å². The van der Waals surface area contributed by atoms with Crippen molar-refractivity contribution < 1.29 is 9.59 Å². The van der Waals surface area contributed by atoms with Crippen molar-refractivity contribution >= 4 is 40.7 Å². The molecule has 1 aromatic carbocycles. The number of carbonyl (C=O) groups excluding carboxylic acids is 2. The largest absolute Gasteiger partial charge is 0.352 e. The van der Waals surface area contributed by atoms with Crippen molar-refractivity contribution in [3.63, 3.8) is 0 Å². The van der Waals surface area contributed by atoms with Crippen LogP contribution in [0.5, 0.6) is 0 Å². The van der Waals surface area contributed by atoms with Crippen molar-refractivity contribution in [1.29, 1.82) is 0 Å². The summed E-state index contributed by atoms with van der Waals surface area (Å²) in [5, 5.41) is 6.43. The van der Waals surface area contributed by atoms with E-state index in [1.165, 1.54) is 0 Å². The van der Waals surface area contributed by atoms with Crippen molar-refractivity contribution in [3.8, 4) is 0 Å². The van der Waals surface area contributed by atoms with E-state index >= 15 is 0 Å².